The molecule has 5 heteroatoms. The van der Waals surface area contributed by atoms with Gasteiger partial charge in [0.15, 0.2) is 11.6 Å². The van der Waals surface area contributed by atoms with E-state index in [0.29, 0.717) is 11.6 Å². The Morgan fingerprint density at radius 2 is 1.06 bits per heavy atom. The smallest absolute Gasteiger partial charge is 0.163 e. The van der Waals surface area contributed by atoms with Crippen molar-refractivity contribution in [3.05, 3.63) is 55.4 Å². The minimum Gasteiger partial charge on any atom is -0.265 e. The molecule has 0 N–H and O–H groups in total. The maximum atomic E-state index is 4.44. The summed E-state index contributed by atoms with van der Waals surface area (Å²) in [4.78, 5) is 20.7. The van der Waals surface area contributed by atoms with Gasteiger partial charge in [-0.05, 0) is 24.3 Å². The predicted molar refractivity (Wildman–Crippen MR) is 66.3 cm³/mol. The van der Waals surface area contributed by atoms with Crippen LogP contribution in [-0.2, 0) is 0 Å². The van der Waals surface area contributed by atoms with Crippen LogP contribution in [0.2, 0.25) is 0 Å². The summed E-state index contributed by atoms with van der Waals surface area (Å²) in [6.45, 7) is 0. The second-order valence-corrected chi connectivity index (χ2v) is 3.60. The molecule has 0 saturated heterocycles. The monoisotopic (exact) mass is 235 g/mol. The van der Waals surface area contributed by atoms with Crippen molar-refractivity contribution in [2.75, 3.05) is 0 Å². The van der Waals surface area contributed by atoms with Gasteiger partial charge in [0, 0.05) is 35.9 Å². The zero-order chi connectivity index (χ0) is 12.2. The highest BCUT2D eigenvalue weighted by atomic mass is 15.0. The van der Waals surface area contributed by atoms with E-state index >= 15 is 0 Å². The largest absolute Gasteiger partial charge is 0.265 e. The van der Waals surface area contributed by atoms with E-state index in [4.69, 9.17) is 0 Å². The predicted octanol–water partition coefficient (Wildman–Crippen LogP) is 2.00. The summed E-state index contributed by atoms with van der Waals surface area (Å²) in [5.41, 5.74) is 1.84. The molecule has 0 spiro atoms. The molecule has 0 atom stereocenters. The Kier molecular flexibility index (Phi) is 2.71. The maximum Gasteiger partial charge on any atom is 0.163 e. The van der Waals surface area contributed by atoms with Crippen LogP contribution in [0.1, 0.15) is 0 Å². The van der Waals surface area contributed by atoms with E-state index in [9.17, 15) is 0 Å². The van der Waals surface area contributed by atoms with Gasteiger partial charge in [0.2, 0.25) is 0 Å². The van der Waals surface area contributed by atoms with Gasteiger partial charge < -0.3 is 0 Å². The Labute approximate surface area is 104 Å². The Bertz CT molecular complexity index is 585. The van der Waals surface area contributed by atoms with Gasteiger partial charge in [-0.1, -0.05) is 0 Å². The summed E-state index contributed by atoms with van der Waals surface area (Å²) >= 11 is 0. The second-order valence-electron chi connectivity index (χ2n) is 3.60. The van der Waals surface area contributed by atoms with Crippen LogP contribution >= 0.6 is 0 Å². The number of hydrogen-bond donors (Lipinski definition) is 0. The van der Waals surface area contributed by atoms with E-state index in [2.05, 4.69) is 24.9 Å². The third-order valence-electron chi connectivity index (χ3n) is 2.45. The Morgan fingerprint density at radius 3 is 1.50 bits per heavy atom. The quantitative estimate of drug-likeness (QED) is 0.679. The molecule has 0 aliphatic carbocycles. The molecule has 3 aromatic heterocycles. The van der Waals surface area contributed by atoms with Crippen molar-refractivity contribution in [2.24, 2.45) is 0 Å². The first-order valence-corrected chi connectivity index (χ1v) is 5.43. The molecule has 0 saturated carbocycles. The molecule has 0 aromatic carbocycles. The minimum atomic E-state index is 0.638. The number of pyridine rings is 2. The highest BCUT2D eigenvalue weighted by Crippen LogP contribution is 2.17. The van der Waals surface area contributed by atoms with E-state index in [0.717, 1.165) is 11.1 Å². The normalized spacial score (nSPS) is 10.2. The van der Waals surface area contributed by atoms with Gasteiger partial charge in [-0.15, -0.1) is 0 Å². The Morgan fingerprint density at radius 1 is 0.611 bits per heavy atom. The highest BCUT2D eigenvalue weighted by Gasteiger charge is 2.05. The first-order valence-electron chi connectivity index (χ1n) is 5.43. The topological polar surface area (TPSA) is 64.5 Å². The first kappa shape index (κ1) is 10.5. The molecule has 5 nitrogen and oxygen atoms in total. The van der Waals surface area contributed by atoms with Gasteiger partial charge in [0.05, 0.1) is 0 Å². The van der Waals surface area contributed by atoms with E-state index in [-0.39, 0.29) is 0 Å². The van der Waals surface area contributed by atoms with E-state index in [1.165, 1.54) is 6.33 Å². The van der Waals surface area contributed by atoms with Crippen LogP contribution in [0.3, 0.4) is 0 Å². The summed E-state index contributed by atoms with van der Waals surface area (Å²) in [7, 11) is 0. The highest BCUT2D eigenvalue weighted by molar-refractivity contribution is 5.59. The summed E-state index contributed by atoms with van der Waals surface area (Å²) in [5, 5.41) is 0. The van der Waals surface area contributed by atoms with E-state index in [1.807, 2.05) is 24.3 Å². The fourth-order valence-corrected chi connectivity index (χ4v) is 1.58. The first-order chi connectivity index (χ1) is 8.93. The lowest BCUT2D eigenvalue weighted by atomic mass is 10.2. The van der Waals surface area contributed by atoms with Crippen molar-refractivity contribution in [1.82, 2.24) is 24.9 Å². The molecule has 0 fully saturated rings. The molecule has 3 rings (SSSR count). The van der Waals surface area contributed by atoms with E-state index < -0.39 is 0 Å². The summed E-state index contributed by atoms with van der Waals surface area (Å²) in [5.74, 6) is 1.28. The van der Waals surface area contributed by atoms with Crippen LogP contribution in [0, 0.1) is 0 Å². The minimum absolute atomic E-state index is 0.638. The number of aromatic nitrogens is 5. The summed E-state index contributed by atoms with van der Waals surface area (Å²) < 4.78 is 0. The van der Waals surface area contributed by atoms with Crippen molar-refractivity contribution in [1.29, 1.82) is 0 Å². The van der Waals surface area contributed by atoms with Crippen molar-refractivity contribution >= 4 is 0 Å². The third-order valence-corrected chi connectivity index (χ3v) is 2.45. The Hall–Kier alpha value is -2.69. The van der Waals surface area contributed by atoms with Crippen LogP contribution in [0.5, 0.6) is 0 Å². The van der Waals surface area contributed by atoms with Gasteiger partial charge in [0.1, 0.15) is 6.33 Å². The second kappa shape index (κ2) is 4.67. The zero-order valence-electron chi connectivity index (χ0n) is 9.43. The lowest BCUT2D eigenvalue weighted by molar-refractivity contribution is 1.06. The third kappa shape index (κ3) is 2.06. The van der Waals surface area contributed by atoms with Crippen LogP contribution in [-0.4, -0.2) is 24.9 Å². The molecule has 18 heavy (non-hydrogen) atoms. The molecule has 0 amide bonds. The lowest BCUT2D eigenvalue weighted by Crippen LogP contribution is -1.95. The van der Waals surface area contributed by atoms with Gasteiger partial charge in [-0.2, -0.15) is 0 Å². The molecular weight excluding hydrogens is 226 g/mol. The molecule has 0 aliphatic rings. The van der Waals surface area contributed by atoms with E-state index in [1.54, 1.807) is 24.8 Å². The van der Waals surface area contributed by atoms with Gasteiger partial charge in [0.25, 0.3) is 0 Å². The van der Waals surface area contributed by atoms with Crippen molar-refractivity contribution in [3.63, 3.8) is 0 Å². The van der Waals surface area contributed by atoms with Crippen LogP contribution in [0.4, 0.5) is 0 Å². The van der Waals surface area contributed by atoms with Crippen molar-refractivity contribution in [2.45, 2.75) is 0 Å². The molecule has 86 valence electrons. The number of hydrogen-bond acceptors (Lipinski definition) is 5. The van der Waals surface area contributed by atoms with Crippen molar-refractivity contribution < 1.29 is 0 Å². The van der Waals surface area contributed by atoms with Crippen LogP contribution in [0.15, 0.2) is 55.4 Å². The number of nitrogens with zero attached hydrogens (tertiary/aromatic N) is 5. The molecule has 0 aliphatic heterocycles. The summed E-state index contributed by atoms with van der Waals surface area (Å²) in [6, 6.07) is 7.47. The molecule has 0 bridgehead atoms. The summed E-state index contributed by atoms with van der Waals surface area (Å²) in [6.07, 6.45) is 8.37. The van der Waals surface area contributed by atoms with Crippen molar-refractivity contribution in [3.8, 4) is 22.8 Å². The van der Waals surface area contributed by atoms with Crippen LogP contribution < -0.4 is 0 Å². The SMILES string of the molecule is c1cc(-c2ncnc(-c3ccncc3)n2)ccn1. The molecule has 3 aromatic rings. The molecule has 0 radical (unpaired) electrons. The van der Waals surface area contributed by atoms with Crippen LogP contribution in [0.25, 0.3) is 22.8 Å². The molecule has 0 unspecified atom stereocenters. The standard InChI is InChI=1S/C13H9N5/c1-5-14-6-2-10(1)12-16-9-17-13(18-12)11-3-7-15-8-4-11/h1-9H. The van der Waals surface area contributed by atoms with Gasteiger partial charge >= 0.3 is 0 Å². The van der Waals surface area contributed by atoms with Gasteiger partial charge in [-0.3, -0.25) is 9.97 Å². The molecular formula is C13H9N5. The maximum absolute atomic E-state index is 4.44. The number of rotatable bonds is 2. The lowest BCUT2D eigenvalue weighted by Gasteiger charge is -2.02. The van der Waals surface area contributed by atoms with Gasteiger partial charge in [-0.25, -0.2) is 15.0 Å². The fraction of sp³-hybridized carbons (Fsp3) is 0. The Balaban J connectivity index is 2.05. The average Bonchev–Trinajstić information content (AvgIpc) is 2.49. The molecule has 3 heterocycles. The zero-order valence-corrected chi connectivity index (χ0v) is 9.43. The fourth-order valence-electron chi connectivity index (χ4n) is 1.58. The average molecular weight is 235 g/mol.